The zero-order chi connectivity index (χ0) is 10.7. The third-order valence-corrected chi connectivity index (χ3v) is 2.48. The maximum atomic E-state index is 11.5. The molecular formula is C10H14N4O. The molecule has 2 rings (SSSR count). The zero-order valence-electron chi connectivity index (χ0n) is 8.39. The first kappa shape index (κ1) is 10.0. The highest BCUT2D eigenvalue weighted by atomic mass is 16.1. The lowest BCUT2D eigenvalue weighted by Gasteiger charge is -2.09. The Morgan fingerprint density at radius 2 is 2.40 bits per heavy atom. The Kier molecular flexibility index (Phi) is 2.91. The first-order valence-electron chi connectivity index (χ1n) is 5.07. The van der Waals surface area contributed by atoms with Crippen molar-refractivity contribution >= 4 is 11.7 Å². The van der Waals surface area contributed by atoms with E-state index in [0.29, 0.717) is 18.2 Å². The molecule has 0 unspecified atom stereocenters. The number of nitrogens with two attached hydrogens (primary N) is 1. The van der Waals surface area contributed by atoms with Crippen LogP contribution in [0.15, 0.2) is 18.6 Å². The van der Waals surface area contributed by atoms with Crippen molar-refractivity contribution in [1.82, 2.24) is 9.97 Å². The Morgan fingerprint density at radius 3 is 3.00 bits per heavy atom. The average molecular weight is 206 g/mol. The molecule has 1 aliphatic carbocycles. The van der Waals surface area contributed by atoms with Gasteiger partial charge >= 0.3 is 0 Å². The Bertz CT molecular complexity index is 337. The van der Waals surface area contributed by atoms with Gasteiger partial charge in [-0.1, -0.05) is 0 Å². The molecule has 15 heavy (non-hydrogen) atoms. The van der Waals surface area contributed by atoms with Gasteiger partial charge in [0.2, 0.25) is 5.91 Å². The van der Waals surface area contributed by atoms with E-state index in [9.17, 15) is 4.79 Å². The molecule has 5 nitrogen and oxygen atoms in total. The van der Waals surface area contributed by atoms with Crippen LogP contribution in [0.5, 0.6) is 0 Å². The summed E-state index contributed by atoms with van der Waals surface area (Å²) in [4.78, 5) is 19.3. The SMILES string of the molecule is N[C@H](CC(=O)Nc1cnccn1)C1CC1. The minimum absolute atomic E-state index is 0.0123. The van der Waals surface area contributed by atoms with Gasteiger partial charge in [-0.2, -0.15) is 0 Å². The fraction of sp³-hybridized carbons (Fsp3) is 0.500. The predicted molar refractivity (Wildman–Crippen MR) is 56.0 cm³/mol. The highest BCUT2D eigenvalue weighted by Crippen LogP contribution is 2.32. The topological polar surface area (TPSA) is 80.9 Å². The van der Waals surface area contributed by atoms with Gasteiger partial charge in [0, 0.05) is 24.9 Å². The molecule has 0 bridgehead atoms. The van der Waals surface area contributed by atoms with Crippen LogP contribution in [0.25, 0.3) is 0 Å². The van der Waals surface area contributed by atoms with Crippen LogP contribution in [-0.2, 0) is 4.79 Å². The lowest BCUT2D eigenvalue weighted by atomic mass is 10.1. The monoisotopic (exact) mass is 206 g/mol. The van der Waals surface area contributed by atoms with E-state index in [1.54, 1.807) is 6.20 Å². The van der Waals surface area contributed by atoms with Crippen LogP contribution >= 0.6 is 0 Å². The van der Waals surface area contributed by atoms with Crippen LogP contribution in [0.4, 0.5) is 5.82 Å². The van der Waals surface area contributed by atoms with Crippen LogP contribution in [0, 0.1) is 5.92 Å². The molecule has 0 spiro atoms. The maximum absolute atomic E-state index is 11.5. The summed E-state index contributed by atoms with van der Waals surface area (Å²) in [7, 11) is 0. The van der Waals surface area contributed by atoms with Gasteiger partial charge in [-0.15, -0.1) is 0 Å². The quantitative estimate of drug-likeness (QED) is 0.753. The highest BCUT2D eigenvalue weighted by molar-refractivity contribution is 5.89. The van der Waals surface area contributed by atoms with Gasteiger partial charge in [0.1, 0.15) is 0 Å². The molecule has 80 valence electrons. The summed E-state index contributed by atoms with van der Waals surface area (Å²) in [5, 5.41) is 2.66. The molecule has 5 heteroatoms. The first-order valence-corrected chi connectivity index (χ1v) is 5.07. The van der Waals surface area contributed by atoms with E-state index in [1.807, 2.05) is 0 Å². The normalized spacial score (nSPS) is 17.1. The first-order chi connectivity index (χ1) is 7.25. The summed E-state index contributed by atoms with van der Waals surface area (Å²) < 4.78 is 0. The van der Waals surface area contributed by atoms with Gasteiger partial charge in [-0.25, -0.2) is 4.98 Å². The summed E-state index contributed by atoms with van der Waals surface area (Å²) >= 11 is 0. The average Bonchev–Trinajstić information content (AvgIpc) is 3.01. The molecule has 0 saturated heterocycles. The van der Waals surface area contributed by atoms with E-state index >= 15 is 0 Å². The number of carbonyl (C=O) groups excluding carboxylic acids is 1. The van der Waals surface area contributed by atoms with Crippen molar-refractivity contribution < 1.29 is 4.79 Å². The van der Waals surface area contributed by atoms with Crippen molar-refractivity contribution in [3.63, 3.8) is 0 Å². The summed E-state index contributed by atoms with van der Waals surface area (Å²) in [5.74, 6) is 0.929. The molecule has 3 N–H and O–H groups in total. The number of hydrogen-bond donors (Lipinski definition) is 2. The van der Waals surface area contributed by atoms with Gasteiger partial charge < -0.3 is 11.1 Å². The van der Waals surface area contributed by atoms with Gasteiger partial charge in [0.05, 0.1) is 6.20 Å². The third-order valence-electron chi connectivity index (χ3n) is 2.48. The number of hydrogen-bond acceptors (Lipinski definition) is 4. The van der Waals surface area contributed by atoms with Crippen LogP contribution in [0.3, 0.4) is 0 Å². The lowest BCUT2D eigenvalue weighted by molar-refractivity contribution is -0.116. The lowest BCUT2D eigenvalue weighted by Crippen LogP contribution is -2.29. The minimum Gasteiger partial charge on any atom is -0.327 e. The van der Waals surface area contributed by atoms with Gasteiger partial charge in [-0.05, 0) is 18.8 Å². The van der Waals surface area contributed by atoms with Crippen molar-refractivity contribution in [2.45, 2.75) is 25.3 Å². The predicted octanol–water partition coefficient (Wildman–Crippen LogP) is 0.542. The van der Waals surface area contributed by atoms with Crippen molar-refractivity contribution in [1.29, 1.82) is 0 Å². The number of aromatic nitrogens is 2. The summed E-state index contributed by atoms with van der Waals surface area (Å²) in [6, 6.07) is -0.0123. The largest absolute Gasteiger partial charge is 0.327 e. The number of anilines is 1. The molecule has 1 aromatic rings. The molecule has 1 aromatic heterocycles. The Balaban J connectivity index is 1.81. The van der Waals surface area contributed by atoms with Gasteiger partial charge in [-0.3, -0.25) is 9.78 Å². The van der Waals surface area contributed by atoms with Crippen molar-refractivity contribution in [3.8, 4) is 0 Å². The fourth-order valence-corrected chi connectivity index (χ4v) is 1.46. The van der Waals surface area contributed by atoms with E-state index in [4.69, 9.17) is 5.73 Å². The minimum atomic E-state index is -0.0881. The van der Waals surface area contributed by atoms with Crippen molar-refractivity contribution in [2.24, 2.45) is 11.7 Å². The molecule has 0 aromatic carbocycles. The standard InChI is InChI=1S/C10H14N4O/c11-8(7-1-2-7)5-10(15)14-9-6-12-3-4-13-9/h3-4,6-8H,1-2,5,11H2,(H,13,14,15)/t8-/m1/s1. The molecule has 1 atom stereocenters. The molecule has 0 aliphatic heterocycles. The number of rotatable bonds is 4. The second-order valence-electron chi connectivity index (χ2n) is 3.84. The molecule has 1 heterocycles. The van der Waals surface area contributed by atoms with Crippen LogP contribution in [-0.4, -0.2) is 21.9 Å². The van der Waals surface area contributed by atoms with Gasteiger partial charge in [0.25, 0.3) is 0 Å². The molecule has 1 aliphatic rings. The summed E-state index contributed by atoms with van der Waals surface area (Å²) in [5.41, 5.74) is 5.84. The number of nitrogens with one attached hydrogen (secondary N) is 1. The van der Waals surface area contributed by atoms with E-state index in [-0.39, 0.29) is 11.9 Å². The molecule has 0 radical (unpaired) electrons. The van der Waals surface area contributed by atoms with E-state index in [2.05, 4.69) is 15.3 Å². The van der Waals surface area contributed by atoms with Crippen LogP contribution in [0.2, 0.25) is 0 Å². The van der Waals surface area contributed by atoms with Crippen molar-refractivity contribution in [2.75, 3.05) is 5.32 Å². The molecule has 1 fully saturated rings. The van der Waals surface area contributed by atoms with Crippen molar-refractivity contribution in [3.05, 3.63) is 18.6 Å². The van der Waals surface area contributed by atoms with Gasteiger partial charge in [0.15, 0.2) is 5.82 Å². The summed E-state index contributed by atoms with van der Waals surface area (Å²) in [6.45, 7) is 0. The Labute approximate surface area is 88.1 Å². The fourth-order valence-electron chi connectivity index (χ4n) is 1.46. The smallest absolute Gasteiger partial charge is 0.227 e. The number of carbonyl (C=O) groups is 1. The van der Waals surface area contributed by atoms with E-state index in [1.165, 1.54) is 12.4 Å². The Hall–Kier alpha value is -1.49. The number of nitrogens with zero attached hydrogens (tertiary/aromatic N) is 2. The zero-order valence-corrected chi connectivity index (χ0v) is 8.39. The van der Waals surface area contributed by atoms with E-state index < -0.39 is 0 Å². The van der Waals surface area contributed by atoms with Crippen LogP contribution in [0.1, 0.15) is 19.3 Å². The van der Waals surface area contributed by atoms with E-state index in [0.717, 1.165) is 12.8 Å². The Morgan fingerprint density at radius 1 is 1.60 bits per heavy atom. The molecule has 1 saturated carbocycles. The second kappa shape index (κ2) is 4.35. The van der Waals surface area contributed by atoms with Crippen LogP contribution < -0.4 is 11.1 Å². The maximum Gasteiger partial charge on any atom is 0.227 e. The molecule has 1 amide bonds. The summed E-state index contributed by atoms with van der Waals surface area (Å²) in [6.07, 6.45) is 7.28. The number of amides is 1. The third kappa shape index (κ3) is 2.99. The second-order valence-corrected chi connectivity index (χ2v) is 3.84. The molecular weight excluding hydrogens is 192 g/mol. The highest BCUT2D eigenvalue weighted by Gasteiger charge is 2.29.